The molecule has 2 fully saturated rings. The summed E-state index contributed by atoms with van der Waals surface area (Å²) in [7, 11) is 3.94. The van der Waals surface area contributed by atoms with E-state index in [0.29, 0.717) is 6.04 Å². The highest BCUT2D eigenvalue weighted by molar-refractivity contribution is 5.92. The fraction of sp³-hybridized carbons (Fsp3) is 0.289. The Morgan fingerprint density at radius 3 is 2.39 bits per heavy atom. The molecule has 2 aliphatic heterocycles. The quantitative estimate of drug-likeness (QED) is 0.179. The van der Waals surface area contributed by atoms with Crippen LogP contribution >= 0.6 is 0 Å². The number of aromatic amines is 2. The number of carbonyl (C=O) groups excluding carboxylic acids is 1. The molecule has 8 heteroatoms. The molecule has 46 heavy (non-hydrogen) atoms. The van der Waals surface area contributed by atoms with Gasteiger partial charge in [0.25, 0.3) is 0 Å². The lowest BCUT2D eigenvalue weighted by Gasteiger charge is -2.31. The molecule has 3 N–H and O–H groups in total. The molecule has 0 radical (unpaired) electrons. The number of nitrogens with one attached hydrogen (secondary N) is 3. The Labute approximate surface area is 268 Å². The molecule has 6 aromatic rings. The molecule has 0 spiro atoms. The maximum atomic E-state index is 13.9. The van der Waals surface area contributed by atoms with Crippen LogP contribution in [0, 0.1) is 0 Å². The average molecular weight is 610 g/mol. The van der Waals surface area contributed by atoms with Crippen molar-refractivity contribution in [2.24, 2.45) is 0 Å². The standard InChI is InChI=1S/C38H39N7O/c1-44(2)35(24-8-4-3-5-9-24)38(46)45-19-7-11-34(45)37-41-30-17-16-28(22-32(30)42-37)26-12-13-27-21-29(15-14-25(27)20-26)33-23-40-36(43-33)31-10-6-18-39-31/h3-5,8-9,12-17,20-23,31,34-35,39H,6-7,10-11,18-19H2,1-2H3,(H,40,43)(H,41,42)/t31-,34-,35+/m0/s1. The van der Waals surface area contributed by atoms with Crippen molar-refractivity contribution in [3.63, 3.8) is 0 Å². The highest BCUT2D eigenvalue weighted by Gasteiger charge is 2.37. The van der Waals surface area contributed by atoms with Gasteiger partial charge in [-0.05, 0) is 98.1 Å². The third kappa shape index (κ3) is 5.27. The first-order valence-electron chi connectivity index (χ1n) is 16.4. The molecule has 4 heterocycles. The lowest BCUT2D eigenvalue weighted by molar-refractivity contribution is -0.137. The number of hydrogen-bond acceptors (Lipinski definition) is 5. The van der Waals surface area contributed by atoms with E-state index in [1.807, 2.05) is 60.4 Å². The number of benzene rings is 4. The Bertz CT molecular complexity index is 2020. The summed E-state index contributed by atoms with van der Waals surface area (Å²) in [5.41, 5.74) is 7.40. The predicted octanol–water partition coefficient (Wildman–Crippen LogP) is 7.16. The van der Waals surface area contributed by atoms with E-state index in [1.54, 1.807) is 0 Å². The molecule has 0 bridgehead atoms. The van der Waals surface area contributed by atoms with E-state index < -0.39 is 0 Å². The third-order valence-corrected chi connectivity index (χ3v) is 9.69. The minimum absolute atomic E-state index is 0.0650. The molecule has 1 amide bonds. The zero-order valence-corrected chi connectivity index (χ0v) is 26.3. The van der Waals surface area contributed by atoms with Crippen molar-refractivity contribution in [3.8, 4) is 22.4 Å². The average Bonchev–Trinajstić information content (AvgIpc) is 3.90. The molecule has 2 aliphatic rings. The van der Waals surface area contributed by atoms with Crippen LogP contribution in [0.3, 0.4) is 0 Å². The van der Waals surface area contributed by atoms with Crippen molar-refractivity contribution in [2.45, 2.75) is 43.8 Å². The normalized spacial score (nSPS) is 19.1. The lowest BCUT2D eigenvalue weighted by atomic mass is 9.99. The van der Waals surface area contributed by atoms with Gasteiger partial charge in [0.2, 0.25) is 5.91 Å². The van der Waals surface area contributed by atoms with Crippen LogP contribution in [0.2, 0.25) is 0 Å². The Morgan fingerprint density at radius 2 is 1.61 bits per heavy atom. The van der Waals surface area contributed by atoms with E-state index in [0.717, 1.165) is 83.0 Å². The van der Waals surface area contributed by atoms with Crippen LogP contribution < -0.4 is 5.32 Å². The van der Waals surface area contributed by atoms with Gasteiger partial charge in [0.05, 0.1) is 35.0 Å². The lowest BCUT2D eigenvalue weighted by Crippen LogP contribution is -2.40. The Hall–Kier alpha value is -4.79. The van der Waals surface area contributed by atoms with Crippen LogP contribution in [0.4, 0.5) is 0 Å². The first-order chi connectivity index (χ1) is 22.5. The highest BCUT2D eigenvalue weighted by atomic mass is 16.2. The molecule has 0 aliphatic carbocycles. The van der Waals surface area contributed by atoms with E-state index in [9.17, 15) is 4.79 Å². The summed E-state index contributed by atoms with van der Waals surface area (Å²) in [4.78, 5) is 34.7. The van der Waals surface area contributed by atoms with Gasteiger partial charge >= 0.3 is 0 Å². The van der Waals surface area contributed by atoms with E-state index in [4.69, 9.17) is 4.98 Å². The van der Waals surface area contributed by atoms with Crippen molar-refractivity contribution in [2.75, 3.05) is 27.2 Å². The van der Waals surface area contributed by atoms with Gasteiger partial charge < -0.3 is 20.2 Å². The molecule has 0 saturated carbocycles. The Morgan fingerprint density at radius 1 is 0.848 bits per heavy atom. The fourth-order valence-electron chi connectivity index (χ4n) is 7.31. The zero-order valence-electron chi connectivity index (χ0n) is 26.3. The van der Waals surface area contributed by atoms with Crippen molar-refractivity contribution in [3.05, 3.63) is 108 Å². The smallest absolute Gasteiger partial charge is 0.245 e. The monoisotopic (exact) mass is 609 g/mol. The Kier molecular flexibility index (Phi) is 7.39. The van der Waals surface area contributed by atoms with E-state index >= 15 is 0 Å². The van der Waals surface area contributed by atoms with Crippen LogP contribution in [0.1, 0.15) is 61.0 Å². The van der Waals surface area contributed by atoms with Gasteiger partial charge in [-0.25, -0.2) is 9.97 Å². The van der Waals surface area contributed by atoms with E-state index in [-0.39, 0.29) is 18.0 Å². The number of H-pyrrole nitrogens is 2. The van der Waals surface area contributed by atoms with Gasteiger partial charge in [-0.1, -0.05) is 60.7 Å². The summed E-state index contributed by atoms with van der Waals surface area (Å²) in [5, 5.41) is 5.90. The van der Waals surface area contributed by atoms with Gasteiger partial charge in [-0.2, -0.15) is 0 Å². The van der Waals surface area contributed by atoms with Gasteiger partial charge in [0.15, 0.2) is 0 Å². The molecule has 0 unspecified atom stereocenters. The summed E-state index contributed by atoms with van der Waals surface area (Å²) in [6, 6.07) is 29.6. The minimum atomic E-state index is -0.326. The highest BCUT2D eigenvalue weighted by Crippen LogP contribution is 2.36. The van der Waals surface area contributed by atoms with Crippen LogP contribution in [0.15, 0.2) is 91.1 Å². The van der Waals surface area contributed by atoms with Gasteiger partial charge in [-0.3, -0.25) is 9.69 Å². The molecule has 8 nitrogen and oxygen atoms in total. The molecular weight excluding hydrogens is 570 g/mol. The topological polar surface area (TPSA) is 92.9 Å². The van der Waals surface area contributed by atoms with Crippen LogP contribution in [-0.2, 0) is 4.79 Å². The number of likely N-dealkylation sites (N-methyl/N-ethyl adjacent to an activating group) is 1. The number of aromatic nitrogens is 4. The summed E-state index contributed by atoms with van der Waals surface area (Å²) < 4.78 is 0. The molecule has 3 atom stereocenters. The summed E-state index contributed by atoms with van der Waals surface area (Å²) in [6.07, 6.45) is 6.14. The van der Waals surface area contributed by atoms with Crippen molar-refractivity contribution in [1.29, 1.82) is 0 Å². The van der Waals surface area contributed by atoms with Crippen LogP contribution in [0.25, 0.3) is 44.2 Å². The van der Waals surface area contributed by atoms with Crippen molar-refractivity contribution < 1.29 is 4.79 Å². The second kappa shape index (κ2) is 11.9. The summed E-state index contributed by atoms with van der Waals surface area (Å²) in [6.45, 7) is 1.79. The van der Waals surface area contributed by atoms with Gasteiger partial charge in [0, 0.05) is 12.1 Å². The minimum Gasteiger partial charge on any atom is -0.341 e. The number of fused-ring (bicyclic) bond motifs is 2. The second-order valence-corrected chi connectivity index (χ2v) is 12.9. The molecule has 8 rings (SSSR count). The first kappa shape index (κ1) is 28.7. The summed E-state index contributed by atoms with van der Waals surface area (Å²) >= 11 is 0. The second-order valence-electron chi connectivity index (χ2n) is 12.9. The number of nitrogens with zero attached hydrogens (tertiary/aromatic N) is 4. The third-order valence-electron chi connectivity index (χ3n) is 9.69. The van der Waals surface area contributed by atoms with Crippen LogP contribution in [0.5, 0.6) is 0 Å². The number of hydrogen-bond donors (Lipinski definition) is 3. The first-order valence-corrected chi connectivity index (χ1v) is 16.4. The number of likely N-dealkylation sites (tertiary alicyclic amines) is 1. The van der Waals surface area contributed by atoms with Crippen molar-refractivity contribution >= 4 is 27.7 Å². The van der Waals surface area contributed by atoms with Gasteiger partial charge in [0.1, 0.15) is 17.7 Å². The van der Waals surface area contributed by atoms with Gasteiger partial charge in [-0.15, -0.1) is 0 Å². The largest absolute Gasteiger partial charge is 0.341 e. The molecule has 4 aromatic carbocycles. The van der Waals surface area contributed by atoms with Crippen LogP contribution in [-0.4, -0.2) is 62.8 Å². The summed E-state index contributed by atoms with van der Waals surface area (Å²) in [5.74, 6) is 2.01. The molecular formula is C38H39N7O. The maximum absolute atomic E-state index is 13.9. The predicted molar refractivity (Wildman–Crippen MR) is 183 cm³/mol. The zero-order chi connectivity index (χ0) is 31.2. The van der Waals surface area contributed by atoms with E-state index in [1.165, 1.54) is 17.2 Å². The molecule has 2 saturated heterocycles. The fourth-order valence-corrected chi connectivity index (χ4v) is 7.31. The maximum Gasteiger partial charge on any atom is 0.245 e. The molecule has 2 aromatic heterocycles. The SMILES string of the molecule is CN(C)[C@@H](C(=O)N1CCC[C@H]1c1nc2ccc(-c3ccc4cc(-c5cnc([C@@H]6CCCN6)[nH]5)ccc4c3)cc2[nH]1)c1ccccc1. The number of carbonyl (C=O) groups is 1. The number of imidazole rings is 2. The Balaban J connectivity index is 1.04. The number of amides is 1. The van der Waals surface area contributed by atoms with Crippen molar-refractivity contribution in [1.82, 2.24) is 35.1 Å². The number of rotatable bonds is 7. The molecule has 232 valence electrons. The van der Waals surface area contributed by atoms with E-state index in [2.05, 4.69) is 74.9 Å².